The molecule has 5 nitrogen and oxygen atoms in total. The minimum Gasteiger partial charge on any atom is -0.381 e. The van der Waals surface area contributed by atoms with E-state index in [1.54, 1.807) is 7.05 Å². The maximum Gasteiger partial charge on any atom is 0.191 e. The van der Waals surface area contributed by atoms with Gasteiger partial charge in [-0.3, -0.25) is 4.99 Å². The number of guanidine groups is 1. The zero-order chi connectivity index (χ0) is 15.4. The van der Waals surface area contributed by atoms with E-state index >= 15 is 0 Å². The Bertz CT molecular complexity index is 265. The van der Waals surface area contributed by atoms with E-state index < -0.39 is 0 Å². The summed E-state index contributed by atoms with van der Waals surface area (Å²) in [6.07, 6.45) is 3.34. The van der Waals surface area contributed by atoms with Crippen LogP contribution in [0.3, 0.4) is 0 Å². The predicted molar refractivity (Wildman–Crippen MR) is 87.5 cm³/mol. The highest BCUT2D eigenvalue weighted by molar-refractivity contribution is 5.79. The van der Waals surface area contributed by atoms with E-state index in [0.29, 0.717) is 0 Å². The average molecular weight is 286 g/mol. The van der Waals surface area contributed by atoms with Gasteiger partial charge in [0.05, 0.1) is 0 Å². The lowest BCUT2D eigenvalue weighted by molar-refractivity contribution is 0.129. The molecule has 0 aliphatic rings. The van der Waals surface area contributed by atoms with Gasteiger partial charge in [-0.25, -0.2) is 0 Å². The molecule has 120 valence electrons. The standard InChI is InChI=1S/C15H34N4O/c1-7-8-11-20-12-9-10-17-14(16-4)18-13-15(2,3)19(5)6/h7-13H2,1-6H3,(H2,16,17,18). The van der Waals surface area contributed by atoms with E-state index in [-0.39, 0.29) is 5.54 Å². The first-order chi connectivity index (χ1) is 9.44. The number of unbranched alkanes of at least 4 members (excludes halogenated alkanes) is 1. The number of ether oxygens (including phenoxy) is 1. The van der Waals surface area contributed by atoms with Crippen molar-refractivity contribution in [3.63, 3.8) is 0 Å². The smallest absolute Gasteiger partial charge is 0.191 e. The lowest BCUT2D eigenvalue weighted by atomic mass is 10.0. The first kappa shape index (κ1) is 19.2. The number of rotatable bonds is 10. The summed E-state index contributed by atoms with van der Waals surface area (Å²) in [6, 6.07) is 0. The maximum atomic E-state index is 5.53. The molecule has 0 unspecified atom stereocenters. The summed E-state index contributed by atoms with van der Waals surface area (Å²) in [7, 11) is 5.98. The van der Waals surface area contributed by atoms with Crippen molar-refractivity contribution < 1.29 is 4.74 Å². The first-order valence-corrected chi connectivity index (χ1v) is 7.63. The van der Waals surface area contributed by atoms with Crippen LogP contribution in [0.25, 0.3) is 0 Å². The molecule has 0 aliphatic heterocycles. The molecule has 0 heterocycles. The van der Waals surface area contributed by atoms with Gasteiger partial charge in [0, 0.05) is 38.9 Å². The van der Waals surface area contributed by atoms with Crippen molar-refractivity contribution in [3.05, 3.63) is 0 Å². The Balaban J connectivity index is 3.73. The molecular formula is C15H34N4O. The third-order valence-electron chi connectivity index (χ3n) is 3.52. The molecule has 0 saturated carbocycles. The van der Waals surface area contributed by atoms with Gasteiger partial charge in [0.1, 0.15) is 0 Å². The predicted octanol–water partition coefficient (Wildman–Crippen LogP) is 1.70. The third-order valence-corrected chi connectivity index (χ3v) is 3.52. The van der Waals surface area contributed by atoms with Gasteiger partial charge < -0.3 is 20.3 Å². The molecule has 0 saturated heterocycles. The van der Waals surface area contributed by atoms with Crippen LogP contribution in [-0.2, 0) is 4.74 Å². The van der Waals surface area contributed by atoms with Gasteiger partial charge in [0.2, 0.25) is 0 Å². The number of aliphatic imine (C=N–C) groups is 1. The van der Waals surface area contributed by atoms with Crippen molar-refractivity contribution in [1.82, 2.24) is 15.5 Å². The fraction of sp³-hybridized carbons (Fsp3) is 0.933. The van der Waals surface area contributed by atoms with Crippen molar-refractivity contribution in [3.8, 4) is 0 Å². The number of likely N-dealkylation sites (N-methyl/N-ethyl adjacent to an activating group) is 1. The second-order valence-corrected chi connectivity index (χ2v) is 5.88. The van der Waals surface area contributed by atoms with E-state index in [2.05, 4.69) is 55.4 Å². The van der Waals surface area contributed by atoms with Crippen molar-refractivity contribution in [2.45, 2.75) is 45.6 Å². The zero-order valence-corrected chi connectivity index (χ0v) is 14.3. The topological polar surface area (TPSA) is 48.9 Å². The third kappa shape index (κ3) is 9.15. The highest BCUT2D eigenvalue weighted by atomic mass is 16.5. The minimum atomic E-state index is 0.0981. The molecule has 2 N–H and O–H groups in total. The van der Waals surface area contributed by atoms with Crippen LogP contribution in [0.1, 0.15) is 40.0 Å². The molecule has 0 fully saturated rings. The van der Waals surface area contributed by atoms with Crippen molar-refractivity contribution in [2.75, 3.05) is 47.4 Å². The number of nitrogens with one attached hydrogen (secondary N) is 2. The van der Waals surface area contributed by atoms with Gasteiger partial charge >= 0.3 is 0 Å². The lowest BCUT2D eigenvalue weighted by Crippen LogP contribution is -2.51. The summed E-state index contributed by atoms with van der Waals surface area (Å²) >= 11 is 0. The van der Waals surface area contributed by atoms with Gasteiger partial charge in [-0.2, -0.15) is 0 Å². The fourth-order valence-corrected chi connectivity index (χ4v) is 1.41. The Labute approximate surface area is 125 Å². The molecule has 0 aromatic heterocycles. The van der Waals surface area contributed by atoms with Gasteiger partial charge in [-0.05, 0) is 40.8 Å². The SMILES string of the molecule is CCCCOCCCNC(=NC)NCC(C)(C)N(C)C. The highest BCUT2D eigenvalue weighted by Crippen LogP contribution is 2.07. The molecule has 0 bridgehead atoms. The minimum absolute atomic E-state index is 0.0981. The van der Waals surface area contributed by atoms with E-state index in [9.17, 15) is 0 Å². The Morgan fingerprint density at radius 2 is 1.80 bits per heavy atom. The van der Waals surface area contributed by atoms with E-state index in [1.165, 1.54) is 6.42 Å². The van der Waals surface area contributed by atoms with Crippen LogP contribution in [0, 0.1) is 0 Å². The average Bonchev–Trinajstić information content (AvgIpc) is 2.41. The largest absolute Gasteiger partial charge is 0.381 e. The van der Waals surface area contributed by atoms with Crippen LogP contribution in [0.15, 0.2) is 4.99 Å². The van der Waals surface area contributed by atoms with Gasteiger partial charge in [-0.15, -0.1) is 0 Å². The monoisotopic (exact) mass is 286 g/mol. The second kappa shape index (κ2) is 10.9. The quantitative estimate of drug-likeness (QED) is 0.365. The Hall–Kier alpha value is -0.810. The number of nitrogens with zero attached hydrogens (tertiary/aromatic N) is 2. The fourth-order valence-electron chi connectivity index (χ4n) is 1.41. The molecule has 0 rings (SSSR count). The zero-order valence-electron chi connectivity index (χ0n) is 14.3. The normalized spacial score (nSPS) is 12.8. The number of hydrogen-bond acceptors (Lipinski definition) is 3. The van der Waals surface area contributed by atoms with Crippen LogP contribution in [0.4, 0.5) is 0 Å². The van der Waals surface area contributed by atoms with Gasteiger partial charge in [0.25, 0.3) is 0 Å². The van der Waals surface area contributed by atoms with Crippen molar-refractivity contribution >= 4 is 5.96 Å². The van der Waals surface area contributed by atoms with Crippen molar-refractivity contribution in [2.24, 2.45) is 4.99 Å². The second-order valence-electron chi connectivity index (χ2n) is 5.88. The van der Waals surface area contributed by atoms with Crippen LogP contribution < -0.4 is 10.6 Å². The molecule has 0 atom stereocenters. The summed E-state index contributed by atoms with van der Waals surface area (Å²) in [5.41, 5.74) is 0.0981. The van der Waals surface area contributed by atoms with Crippen LogP contribution in [0.5, 0.6) is 0 Å². The summed E-state index contributed by atoms with van der Waals surface area (Å²) in [5, 5.41) is 6.67. The number of hydrogen-bond donors (Lipinski definition) is 2. The van der Waals surface area contributed by atoms with Crippen LogP contribution in [-0.4, -0.2) is 63.8 Å². The summed E-state index contributed by atoms with van der Waals surface area (Å²) in [5.74, 6) is 0.855. The van der Waals surface area contributed by atoms with E-state index in [4.69, 9.17) is 4.74 Å². The summed E-state index contributed by atoms with van der Waals surface area (Å²) in [4.78, 5) is 6.44. The molecule has 0 amide bonds. The van der Waals surface area contributed by atoms with E-state index in [0.717, 1.165) is 45.1 Å². The molecule has 0 radical (unpaired) electrons. The molecule has 0 aromatic carbocycles. The summed E-state index contributed by atoms with van der Waals surface area (Å²) in [6.45, 7) is 10.0. The summed E-state index contributed by atoms with van der Waals surface area (Å²) < 4.78 is 5.53. The highest BCUT2D eigenvalue weighted by Gasteiger charge is 2.20. The molecule has 0 spiro atoms. The van der Waals surface area contributed by atoms with Gasteiger partial charge in [0.15, 0.2) is 5.96 Å². The Morgan fingerprint density at radius 1 is 1.15 bits per heavy atom. The first-order valence-electron chi connectivity index (χ1n) is 7.63. The Morgan fingerprint density at radius 3 is 2.35 bits per heavy atom. The lowest BCUT2D eigenvalue weighted by Gasteiger charge is -2.33. The van der Waals surface area contributed by atoms with Crippen LogP contribution in [0.2, 0.25) is 0 Å². The molecule has 5 heteroatoms. The molecular weight excluding hydrogens is 252 g/mol. The molecule has 0 aliphatic carbocycles. The molecule has 0 aromatic rings. The van der Waals surface area contributed by atoms with Crippen molar-refractivity contribution in [1.29, 1.82) is 0 Å². The van der Waals surface area contributed by atoms with E-state index in [1.807, 2.05) is 0 Å². The maximum absolute atomic E-state index is 5.53. The molecule has 20 heavy (non-hydrogen) atoms. The Kier molecular flexibility index (Phi) is 10.5. The van der Waals surface area contributed by atoms with Crippen LogP contribution >= 0.6 is 0 Å². The van der Waals surface area contributed by atoms with Gasteiger partial charge in [-0.1, -0.05) is 13.3 Å².